The normalized spacial score (nSPS) is 10.9. The molecule has 0 amide bonds. The molecule has 20 heavy (non-hydrogen) atoms. The van der Waals surface area contributed by atoms with Crippen LogP contribution in [0.3, 0.4) is 0 Å². The minimum Gasteiger partial charge on any atom is -0.407 e. The van der Waals surface area contributed by atoms with Crippen LogP contribution in [0.1, 0.15) is 15.9 Å². The van der Waals surface area contributed by atoms with E-state index < -0.39 is 11.7 Å². The zero-order valence-electron chi connectivity index (χ0n) is 10.6. The van der Waals surface area contributed by atoms with E-state index in [1.165, 1.54) is 0 Å². The summed E-state index contributed by atoms with van der Waals surface area (Å²) in [6.45, 7) is 1.94. The second-order valence-electron chi connectivity index (χ2n) is 4.49. The molecule has 5 heteroatoms. The van der Waals surface area contributed by atoms with Gasteiger partial charge in [-0.05, 0) is 37.3 Å². The molecule has 0 atom stereocenters. The fourth-order valence-corrected chi connectivity index (χ4v) is 2.35. The lowest BCUT2D eigenvalue weighted by Gasteiger charge is -2.02. The van der Waals surface area contributed by atoms with Crippen LogP contribution < -0.4 is 5.76 Å². The van der Waals surface area contributed by atoms with Gasteiger partial charge in [0, 0.05) is 10.0 Å². The average Bonchev–Trinajstić information content (AvgIpc) is 2.73. The summed E-state index contributed by atoms with van der Waals surface area (Å²) in [7, 11) is 0. The van der Waals surface area contributed by atoms with E-state index in [0.29, 0.717) is 16.7 Å². The van der Waals surface area contributed by atoms with Gasteiger partial charge in [0.05, 0.1) is 5.52 Å². The van der Waals surface area contributed by atoms with Crippen molar-refractivity contribution in [1.29, 1.82) is 0 Å². The Labute approximate surface area is 122 Å². The molecule has 0 radical (unpaired) electrons. The van der Waals surface area contributed by atoms with Crippen LogP contribution in [0.5, 0.6) is 0 Å². The zero-order valence-corrected chi connectivity index (χ0v) is 12.2. The monoisotopic (exact) mass is 331 g/mol. The van der Waals surface area contributed by atoms with Crippen LogP contribution >= 0.6 is 15.9 Å². The summed E-state index contributed by atoms with van der Waals surface area (Å²) in [5, 5.41) is 0. The van der Waals surface area contributed by atoms with Crippen molar-refractivity contribution >= 4 is 32.9 Å². The molecule has 0 fully saturated rings. The number of aryl methyl sites for hydroxylation is 1. The predicted octanol–water partition coefficient (Wildman–Crippen LogP) is 3.35. The lowest BCUT2D eigenvalue weighted by molar-refractivity contribution is 0.0956. The van der Waals surface area contributed by atoms with Crippen molar-refractivity contribution in [2.75, 3.05) is 0 Å². The van der Waals surface area contributed by atoms with Gasteiger partial charge in [0.1, 0.15) is 0 Å². The molecule has 3 rings (SSSR count). The molecule has 2 aromatic carbocycles. The number of oxazole rings is 1. The van der Waals surface area contributed by atoms with E-state index in [4.69, 9.17) is 4.42 Å². The van der Waals surface area contributed by atoms with Crippen LogP contribution in [0.2, 0.25) is 0 Å². The van der Waals surface area contributed by atoms with E-state index in [2.05, 4.69) is 15.9 Å². The van der Waals surface area contributed by atoms with E-state index in [0.717, 1.165) is 14.6 Å². The third kappa shape index (κ3) is 2.10. The van der Waals surface area contributed by atoms with Crippen LogP contribution in [0, 0.1) is 6.92 Å². The first-order chi connectivity index (χ1) is 9.56. The first kappa shape index (κ1) is 12.9. The van der Waals surface area contributed by atoms with Crippen molar-refractivity contribution < 1.29 is 9.21 Å². The van der Waals surface area contributed by atoms with Gasteiger partial charge in [-0.15, -0.1) is 0 Å². The van der Waals surface area contributed by atoms with Gasteiger partial charge in [-0.1, -0.05) is 33.6 Å². The highest BCUT2D eigenvalue weighted by Crippen LogP contribution is 2.19. The molecule has 0 aliphatic heterocycles. The summed E-state index contributed by atoms with van der Waals surface area (Å²) in [5.74, 6) is -1.07. The number of rotatable bonds is 1. The van der Waals surface area contributed by atoms with Crippen LogP contribution in [0.4, 0.5) is 0 Å². The minimum absolute atomic E-state index is 0.379. The molecule has 0 bridgehead atoms. The fraction of sp³-hybridized carbons (Fsp3) is 0.0667. The van der Waals surface area contributed by atoms with Gasteiger partial charge in [-0.25, -0.2) is 9.36 Å². The van der Waals surface area contributed by atoms with Crippen molar-refractivity contribution in [3.8, 4) is 0 Å². The number of benzene rings is 2. The van der Waals surface area contributed by atoms with E-state index in [9.17, 15) is 9.59 Å². The maximum Gasteiger partial charge on any atom is 0.427 e. The van der Waals surface area contributed by atoms with Crippen molar-refractivity contribution in [3.05, 3.63) is 68.6 Å². The van der Waals surface area contributed by atoms with Crippen molar-refractivity contribution in [2.24, 2.45) is 0 Å². The molecule has 100 valence electrons. The number of fused-ring (bicyclic) bond motifs is 1. The van der Waals surface area contributed by atoms with Crippen LogP contribution in [0.15, 0.2) is 56.1 Å². The molecule has 0 unspecified atom stereocenters. The first-order valence-electron chi connectivity index (χ1n) is 5.99. The Bertz CT molecular complexity index is 859. The van der Waals surface area contributed by atoms with Gasteiger partial charge >= 0.3 is 5.76 Å². The van der Waals surface area contributed by atoms with Crippen molar-refractivity contribution in [3.63, 3.8) is 0 Å². The maximum atomic E-state index is 12.4. The summed E-state index contributed by atoms with van der Waals surface area (Å²) < 4.78 is 6.94. The quantitative estimate of drug-likeness (QED) is 0.687. The highest BCUT2D eigenvalue weighted by Gasteiger charge is 2.17. The Kier molecular flexibility index (Phi) is 3.06. The van der Waals surface area contributed by atoms with E-state index in [-0.39, 0.29) is 0 Å². The predicted molar refractivity (Wildman–Crippen MR) is 79.1 cm³/mol. The summed E-state index contributed by atoms with van der Waals surface area (Å²) in [6, 6.07) is 12.2. The molecule has 0 aliphatic carbocycles. The Morgan fingerprint density at radius 2 is 1.85 bits per heavy atom. The van der Waals surface area contributed by atoms with E-state index in [1.807, 2.05) is 19.1 Å². The van der Waals surface area contributed by atoms with E-state index in [1.54, 1.807) is 30.3 Å². The van der Waals surface area contributed by atoms with Crippen molar-refractivity contribution in [2.45, 2.75) is 6.92 Å². The van der Waals surface area contributed by atoms with Gasteiger partial charge in [-0.2, -0.15) is 0 Å². The molecule has 0 spiro atoms. The third-order valence-electron chi connectivity index (χ3n) is 3.04. The smallest absolute Gasteiger partial charge is 0.407 e. The molecule has 0 saturated carbocycles. The van der Waals surface area contributed by atoms with Crippen LogP contribution in [-0.4, -0.2) is 10.5 Å². The van der Waals surface area contributed by atoms with Gasteiger partial charge in [0.2, 0.25) is 0 Å². The molecule has 3 aromatic rings. The summed E-state index contributed by atoms with van der Waals surface area (Å²) in [4.78, 5) is 24.3. The van der Waals surface area contributed by atoms with Gasteiger partial charge < -0.3 is 4.42 Å². The standard InChI is InChI=1S/C15H10BrNO3/c1-9-2-4-10(5-3-9)14(18)17-12-7-6-11(16)8-13(12)20-15(17)19/h2-8H,1H3. The number of aromatic nitrogens is 1. The summed E-state index contributed by atoms with van der Waals surface area (Å²) >= 11 is 3.30. The SMILES string of the molecule is Cc1ccc(C(=O)n2c(=O)oc3cc(Br)ccc32)cc1. The summed E-state index contributed by atoms with van der Waals surface area (Å²) in [5.41, 5.74) is 2.34. The molecular formula is C15H10BrNO3. The number of carbonyl (C=O) groups excluding carboxylic acids is 1. The Balaban J connectivity index is 2.19. The van der Waals surface area contributed by atoms with Crippen LogP contribution in [0.25, 0.3) is 11.1 Å². The second kappa shape index (κ2) is 4.76. The minimum atomic E-state index is -0.677. The fourth-order valence-electron chi connectivity index (χ4n) is 2.01. The molecule has 1 aromatic heterocycles. The maximum absolute atomic E-state index is 12.4. The topological polar surface area (TPSA) is 52.2 Å². The number of hydrogen-bond donors (Lipinski definition) is 0. The average molecular weight is 332 g/mol. The Morgan fingerprint density at radius 1 is 1.15 bits per heavy atom. The number of hydrogen-bond acceptors (Lipinski definition) is 3. The Morgan fingerprint density at radius 3 is 2.55 bits per heavy atom. The van der Waals surface area contributed by atoms with Gasteiger partial charge in [0.15, 0.2) is 5.58 Å². The molecule has 4 nitrogen and oxygen atoms in total. The zero-order chi connectivity index (χ0) is 14.3. The molecular weight excluding hydrogens is 322 g/mol. The van der Waals surface area contributed by atoms with Gasteiger partial charge in [0.25, 0.3) is 5.91 Å². The third-order valence-corrected chi connectivity index (χ3v) is 3.54. The van der Waals surface area contributed by atoms with E-state index >= 15 is 0 Å². The number of nitrogens with zero attached hydrogens (tertiary/aromatic N) is 1. The molecule has 0 N–H and O–H groups in total. The number of halogens is 1. The number of carbonyl (C=O) groups is 1. The first-order valence-corrected chi connectivity index (χ1v) is 6.78. The lowest BCUT2D eigenvalue weighted by Crippen LogP contribution is -2.23. The highest BCUT2D eigenvalue weighted by molar-refractivity contribution is 9.10. The van der Waals surface area contributed by atoms with Gasteiger partial charge in [-0.3, -0.25) is 4.79 Å². The highest BCUT2D eigenvalue weighted by atomic mass is 79.9. The summed E-state index contributed by atoms with van der Waals surface area (Å²) in [6.07, 6.45) is 0. The molecule has 0 aliphatic rings. The second-order valence-corrected chi connectivity index (χ2v) is 5.40. The van der Waals surface area contributed by atoms with Crippen LogP contribution in [-0.2, 0) is 0 Å². The largest absolute Gasteiger partial charge is 0.427 e. The lowest BCUT2D eigenvalue weighted by atomic mass is 10.1. The molecule has 1 heterocycles. The molecule has 0 saturated heterocycles. The van der Waals surface area contributed by atoms with Crippen molar-refractivity contribution in [1.82, 2.24) is 4.57 Å². The Hall–Kier alpha value is -2.14.